The molecular formula is C23H31NO2. The van der Waals surface area contributed by atoms with Crippen LogP contribution in [-0.4, -0.2) is 11.0 Å². The summed E-state index contributed by atoms with van der Waals surface area (Å²) in [6.45, 7) is 14.6. The number of rotatable bonds is 3. The van der Waals surface area contributed by atoms with Crippen molar-refractivity contribution >= 4 is 11.6 Å². The molecule has 26 heavy (non-hydrogen) atoms. The first-order valence-electron chi connectivity index (χ1n) is 9.11. The van der Waals surface area contributed by atoms with Gasteiger partial charge in [-0.2, -0.15) is 0 Å². The molecule has 2 rings (SSSR count). The van der Waals surface area contributed by atoms with Crippen molar-refractivity contribution in [3.63, 3.8) is 0 Å². The van der Waals surface area contributed by atoms with Crippen molar-refractivity contribution in [2.24, 2.45) is 0 Å². The third-order valence-corrected chi connectivity index (χ3v) is 4.59. The monoisotopic (exact) mass is 353 g/mol. The minimum absolute atomic E-state index is 0.0146. The number of amides is 1. The largest absolute Gasteiger partial charge is 0.507 e. The van der Waals surface area contributed by atoms with Crippen LogP contribution in [0, 0.1) is 0 Å². The number of anilines is 1. The van der Waals surface area contributed by atoms with E-state index in [0.29, 0.717) is 12.3 Å². The van der Waals surface area contributed by atoms with Gasteiger partial charge in [-0.3, -0.25) is 4.79 Å². The molecule has 0 unspecified atom stereocenters. The Morgan fingerprint density at radius 2 is 1.38 bits per heavy atom. The lowest BCUT2D eigenvalue weighted by Crippen LogP contribution is -2.29. The molecule has 0 bridgehead atoms. The second kappa shape index (κ2) is 7.14. The van der Waals surface area contributed by atoms with E-state index in [1.807, 2.05) is 42.5 Å². The van der Waals surface area contributed by atoms with Gasteiger partial charge in [-0.25, -0.2) is 0 Å². The molecule has 2 aromatic carbocycles. The Balaban J connectivity index is 2.63. The molecule has 1 amide bonds. The Kier molecular flexibility index (Phi) is 5.50. The molecule has 0 aliphatic heterocycles. The van der Waals surface area contributed by atoms with E-state index in [0.717, 1.165) is 22.4 Å². The van der Waals surface area contributed by atoms with E-state index >= 15 is 0 Å². The number of carbonyl (C=O) groups excluding carboxylic acids is 1. The van der Waals surface area contributed by atoms with Gasteiger partial charge >= 0.3 is 0 Å². The van der Waals surface area contributed by atoms with Gasteiger partial charge in [-0.1, -0.05) is 71.9 Å². The highest BCUT2D eigenvalue weighted by molar-refractivity contribution is 5.92. The molecule has 2 aromatic rings. The molecule has 140 valence electrons. The first-order chi connectivity index (χ1) is 11.9. The van der Waals surface area contributed by atoms with E-state index in [9.17, 15) is 9.90 Å². The van der Waals surface area contributed by atoms with E-state index < -0.39 is 0 Å². The molecule has 0 heterocycles. The second-order valence-corrected chi connectivity index (χ2v) is 8.98. The van der Waals surface area contributed by atoms with Gasteiger partial charge in [0.15, 0.2) is 0 Å². The normalized spacial score (nSPS) is 12.1. The van der Waals surface area contributed by atoms with E-state index in [-0.39, 0.29) is 16.7 Å². The summed E-state index contributed by atoms with van der Waals surface area (Å²) in [5, 5.41) is 10.9. The lowest BCUT2D eigenvalue weighted by Gasteiger charge is -2.31. The Morgan fingerprint density at radius 1 is 0.923 bits per heavy atom. The molecular weight excluding hydrogens is 322 g/mol. The number of hydrogen-bond donors (Lipinski definition) is 1. The number of nitrogens with zero attached hydrogens (tertiary/aromatic N) is 1. The van der Waals surface area contributed by atoms with Crippen LogP contribution in [0.5, 0.6) is 5.75 Å². The molecule has 1 N–H and O–H groups in total. The molecule has 0 fully saturated rings. The van der Waals surface area contributed by atoms with Gasteiger partial charge in [-0.05, 0) is 28.5 Å². The van der Waals surface area contributed by atoms with Gasteiger partial charge < -0.3 is 10.0 Å². The molecule has 0 saturated heterocycles. The molecule has 3 nitrogen and oxygen atoms in total. The van der Waals surface area contributed by atoms with Gasteiger partial charge in [0.1, 0.15) is 5.75 Å². The summed E-state index contributed by atoms with van der Waals surface area (Å²) in [6.07, 6.45) is 0. The first kappa shape index (κ1) is 20.0. The molecule has 0 aliphatic carbocycles. The Bertz CT molecular complexity index is 745. The summed E-state index contributed by atoms with van der Waals surface area (Å²) in [7, 11) is 0. The first-order valence-corrected chi connectivity index (χ1v) is 9.11. The number of hydrogen-bond acceptors (Lipinski definition) is 2. The van der Waals surface area contributed by atoms with Crippen LogP contribution in [0.25, 0.3) is 0 Å². The minimum atomic E-state index is -0.227. The Labute approximate surface area is 157 Å². The molecule has 0 aromatic heterocycles. The molecule has 0 radical (unpaired) electrons. The van der Waals surface area contributed by atoms with E-state index in [1.54, 1.807) is 11.8 Å². The van der Waals surface area contributed by atoms with Crippen molar-refractivity contribution in [3.8, 4) is 5.75 Å². The average molecular weight is 354 g/mol. The summed E-state index contributed by atoms with van der Waals surface area (Å²) in [4.78, 5) is 14.2. The maximum absolute atomic E-state index is 12.4. The number of carbonyl (C=O) groups is 1. The average Bonchev–Trinajstić information content (AvgIpc) is 2.51. The molecule has 3 heteroatoms. The van der Waals surface area contributed by atoms with Crippen LogP contribution in [0.4, 0.5) is 5.69 Å². The van der Waals surface area contributed by atoms with Gasteiger partial charge in [0.05, 0.1) is 6.54 Å². The van der Waals surface area contributed by atoms with Gasteiger partial charge in [0.25, 0.3) is 0 Å². The predicted molar refractivity (Wildman–Crippen MR) is 109 cm³/mol. The van der Waals surface area contributed by atoms with Crippen LogP contribution in [0.2, 0.25) is 0 Å². The number of benzene rings is 2. The third kappa shape index (κ3) is 4.46. The van der Waals surface area contributed by atoms with Crippen molar-refractivity contribution in [1.82, 2.24) is 0 Å². The second-order valence-electron chi connectivity index (χ2n) is 8.98. The van der Waals surface area contributed by atoms with E-state index in [1.165, 1.54) is 0 Å². The van der Waals surface area contributed by atoms with Crippen LogP contribution in [0.1, 0.15) is 65.2 Å². The lowest BCUT2D eigenvalue weighted by atomic mass is 9.79. The summed E-state index contributed by atoms with van der Waals surface area (Å²) in [6, 6.07) is 13.9. The fraction of sp³-hybridized carbons (Fsp3) is 0.435. The zero-order valence-electron chi connectivity index (χ0n) is 17.1. The standard InChI is InChI=1S/C23H31NO2/c1-16(25)24(15-17-11-9-8-10-12-17)18-13-19(22(2,3)4)21(26)20(14-18)23(5,6)7/h8-14,26H,15H2,1-7H3. The Hall–Kier alpha value is -2.29. The Morgan fingerprint density at radius 3 is 1.77 bits per heavy atom. The highest BCUT2D eigenvalue weighted by atomic mass is 16.3. The predicted octanol–water partition coefficient (Wildman–Crippen LogP) is 5.54. The van der Waals surface area contributed by atoms with Crippen LogP contribution in [0.3, 0.4) is 0 Å². The highest BCUT2D eigenvalue weighted by Crippen LogP contribution is 2.42. The molecule has 0 aliphatic rings. The minimum Gasteiger partial charge on any atom is -0.507 e. The zero-order chi connectivity index (χ0) is 19.7. The van der Waals surface area contributed by atoms with E-state index in [4.69, 9.17) is 0 Å². The van der Waals surface area contributed by atoms with E-state index in [2.05, 4.69) is 41.5 Å². The number of phenols is 1. The fourth-order valence-corrected chi connectivity index (χ4v) is 3.07. The lowest BCUT2D eigenvalue weighted by molar-refractivity contribution is -0.116. The van der Waals surface area contributed by atoms with Crippen molar-refractivity contribution in [2.45, 2.75) is 65.8 Å². The highest BCUT2D eigenvalue weighted by Gasteiger charge is 2.28. The van der Waals surface area contributed by atoms with Crippen molar-refractivity contribution in [3.05, 3.63) is 59.2 Å². The van der Waals surface area contributed by atoms with Crippen LogP contribution in [0.15, 0.2) is 42.5 Å². The zero-order valence-corrected chi connectivity index (χ0v) is 17.1. The molecule has 0 atom stereocenters. The van der Waals surface area contributed by atoms with Crippen LogP contribution >= 0.6 is 0 Å². The quantitative estimate of drug-likeness (QED) is 0.787. The van der Waals surface area contributed by atoms with Crippen LogP contribution in [-0.2, 0) is 22.2 Å². The van der Waals surface area contributed by atoms with Gasteiger partial charge in [-0.15, -0.1) is 0 Å². The summed E-state index contributed by atoms with van der Waals surface area (Å²) in [5.41, 5.74) is 3.17. The van der Waals surface area contributed by atoms with Crippen molar-refractivity contribution in [1.29, 1.82) is 0 Å². The van der Waals surface area contributed by atoms with Crippen molar-refractivity contribution < 1.29 is 9.90 Å². The molecule has 0 saturated carbocycles. The number of phenolic OH excluding ortho intramolecular Hbond substituents is 1. The number of aromatic hydroxyl groups is 1. The maximum Gasteiger partial charge on any atom is 0.224 e. The topological polar surface area (TPSA) is 40.5 Å². The SMILES string of the molecule is CC(=O)N(Cc1ccccc1)c1cc(C(C)(C)C)c(O)c(C(C)(C)C)c1. The van der Waals surface area contributed by atoms with Gasteiger partial charge in [0, 0.05) is 23.7 Å². The fourth-order valence-electron chi connectivity index (χ4n) is 3.07. The summed E-state index contributed by atoms with van der Waals surface area (Å²) in [5.74, 6) is 0.316. The smallest absolute Gasteiger partial charge is 0.224 e. The van der Waals surface area contributed by atoms with Crippen molar-refractivity contribution in [2.75, 3.05) is 4.90 Å². The summed E-state index contributed by atoms with van der Waals surface area (Å²) >= 11 is 0. The van der Waals surface area contributed by atoms with Crippen LogP contribution < -0.4 is 4.90 Å². The third-order valence-electron chi connectivity index (χ3n) is 4.59. The maximum atomic E-state index is 12.4. The summed E-state index contributed by atoms with van der Waals surface area (Å²) < 4.78 is 0. The van der Waals surface area contributed by atoms with Gasteiger partial charge in [0.2, 0.25) is 5.91 Å². The molecule has 0 spiro atoms.